The lowest BCUT2D eigenvalue weighted by molar-refractivity contribution is 0.114. The summed E-state index contributed by atoms with van der Waals surface area (Å²) in [7, 11) is 0. The third-order valence-electron chi connectivity index (χ3n) is 2.78. The summed E-state index contributed by atoms with van der Waals surface area (Å²) in [5.41, 5.74) is 6.60. The Kier molecular flexibility index (Phi) is 5.29. The minimum absolute atomic E-state index is 0.227. The van der Waals surface area contributed by atoms with Crippen molar-refractivity contribution in [3.63, 3.8) is 0 Å². The molecule has 0 aliphatic carbocycles. The van der Waals surface area contributed by atoms with Crippen molar-refractivity contribution in [1.29, 1.82) is 0 Å². The third kappa shape index (κ3) is 3.83. The van der Waals surface area contributed by atoms with Gasteiger partial charge in [-0.3, -0.25) is 0 Å². The first kappa shape index (κ1) is 13.0. The number of nitrogens with two attached hydrogens (primary N) is 1. The van der Waals surface area contributed by atoms with Gasteiger partial charge < -0.3 is 15.6 Å². The van der Waals surface area contributed by atoms with Crippen molar-refractivity contribution in [2.75, 3.05) is 13.2 Å². The van der Waals surface area contributed by atoms with Crippen LogP contribution in [0.1, 0.15) is 31.7 Å². The molecule has 0 aliphatic heterocycles. The fourth-order valence-electron chi connectivity index (χ4n) is 1.39. The van der Waals surface area contributed by atoms with Crippen LogP contribution in [-0.2, 0) is 0 Å². The molecule has 0 radical (unpaired) electrons. The standard InChI is InChI=1S/C13H21NO2/c1-3-10(2)11-4-6-13(7-5-11)16-9-12(15)8-14/h4-7,10,12,15H,3,8-9,14H2,1-2H3. The second kappa shape index (κ2) is 6.51. The maximum Gasteiger partial charge on any atom is 0.119 e. The number of hydrogen-bond donors (Lipinski definition) is 2. The Labute approximate surface area is 97.2 Å². The Balaban J connectivity index is 2.51. The molecule has 90 valence electrons. The van der Waals surface area contributed by atoms with Crippen LogP contribution in [0.15, 0.2) is 24.3 Å². The predicted molar refractivity (Wildman–Crippen MR) is 65.7 cm³/mol. The van der Waals surface area contributed by atoms with Crippen molar-refractivity contribution >= 4 is 0 Å². The van der Waals surface area contributed by atoms with E-state index in [1.165, 1.54) is 5.56 Å². The molecular formula is C13H21NO2. The molecule has 0 aliphatic rings. The molecule has 0 spiro atoms. The lowest BCUT2D eigenvalue weighted by atomic mass is 9.99. The van der Waals surface area contributed by atoms with E-state index in [9.17, 15) is 5.11 Å². The van der Waals surface area contributed by atoms with Crippen LogP contribution in [0.25, 0.3) is 0 Å². The minimum atomic E-state index is -0.589. The maximum atomic E-state index is 9.25. The molecule has 1 aromatic rings. The van der Waals surface area contributed by atoms with E-state index in [-0.39, 0.29) is 13.2 Å². The SMILES string of the molecule is CCC(C)c1ccc(OCC(O)CN)cc1. The lowest BCUT2D eigenvalue weighted by Crippen LogP contribution is -2.26. The zero-order chi connectivity index (χ0) is 12.0. The normalized spacial score (nSPS) is 14.5. The van der Waals surface area contributed by atoms with Crippen LogP contribution in [0.3, 0.4) is 0 Å². The largest absolute Gasteiger partial charge is 0.491 e. The van der Waals surface area contributed by atoms with E-state index in [0.29, 0.717) is 5.92 Å². The molecule has 3 nitrogen and oxygen atoms in total. The second-order valence-electron chi connectivity index (χ2n) is 4.08. The van der Waals surface area contributed by atoms with Crippen LogP contribution >= 0.6 is 0 Å². The van der Waals surface area contributed by atoms with Crippen molar-refractivity contribution in [2.24, 2.45) is 5.73 Å². The molecule has 0 saturated carbocycles. The molecule has 0 fully saturated rings. The van der Waals surface area contributed by atoms with Gasteiger partial charge >= 0.3 is 0 Å². The van der Waals surface area contributed by atoms with Gasteiger partial charge in [0.15, 0.2) is 0 Å². The number of ether oxygens (including phenoxy) is 1. The molecule has 0 bridgehead atoms. The molecule has 1 aromatic carbocycles. The molecule has 0 heterocycles. The number of aliphatic hydroxyl groups is 1. The Morgan fingerprint density at radius 2 is 1.94 bits per heavy atom. The molecule has 3 heteroatoms. The average molecular weight is 223 g/mol. The summed E-state index contributed by atoms with van der Waals surface area (Å²) in [6.45, 7) is 4.85. The molecule has 2 unspecified atom stereocenters. The van der Waals surface area contributed by atoms with Gasteiger partial charge in [0.25, 0.3) is 0 Å². The van der Waals surface area contributed by atoms with E-state index >= 15 is 0 Å². The summed E-state index contributed by atoms with van der Waals surface area (Å²) in [6.07, 6.45) is 0.542. The molecule has 0 amide bonds. The summed E-state index contributed by atoms with van der Waals surface area (Å²) in [4.78, 5) is 0. The smallest absolute Gasteiger partial charge is 0.119 e. The third-order valence-corrected chi connectivity index (χ3v) is 2.78. The van der Waals surface area contributed by atoms with Gasteiger partial charge in [-0.25, -0.2) is 0 Å². The summed E-state index contributed by atoms with van der Waals surface area (Å²) < 4.78 is 5.40. The molecule has 3 N–H and O–H groups in total. The maximum absolute atomic E-state index is 9.25. The predicted octanol–water partition coefficient (Wildman–Crippen LogP) is 1.90. The van der Waals surface area contributed by atoms with Crippen LogP contribution in [0.4, 0.5) is 0 Å². The van der Waals surface area contributed by atoms with Crippen LogP contribution < -0.4 is 10.5 Å². The number of hydrogen-bond acceptors (Lipinski definition) is 3. The van der Waals surface area contributed by atoms with E-state index in [0.717, 1.165) is 12.2 Å². The van der Waals surface area contributed by atoms with Crippen LogP contribution in [0, 0.1) is 0 Å². The van der Waals surface area contributed by atoms with Gasteiger partial charge in [0.1, 0.15) is 18.5 Å². The Morgan fingerprint density at radius 3 is 2.44 bits per heavy atom. The van der Waals surface area contributed by atoms with Crippen LogP contribution in [0.2, 0.25) is 0 Å². The van der Waals surface area contributed by atoms with Crippen molar-refractivity contribution < 1.29 is 9.84 Å². The Hall–Kier alpha value is -1.06. The monoisotopic (exact) mass is 223 g/mol. The fourth-order valence-corrected chi connectivity index (χ4v) is 1.39. The van der Waals surface area contributed by atoms with Crippen molar-refractivity contribution in [3.8, 4) is 5.75 Å². The first-order chi connectivity index (χ1) is 7.67. The highest BCUT2D eigenvalue weighted by Gasteiger charge is 2.04. The van der Waals surface area contributed by atoms with Gasteiger partial charge in [0.2, 0.25) is 0 Å². The molecule has 16 heavy (non-hydrogen) atoms. The van der Waals surface area contributed by atoms with Gasteiger partial charge in [-0.2, -0.15) is 0 Å². The lowest BCUT2D eigenvalue weighted by Gasteiger charge is -2.12. The highest BCUT2D eigenvalue weighted by atomic mass is 16.5. The highest BCUT2D eigenvalue weighted by Crippen LogP contribution is 2.21. The van der Waals surface area contributed by atoms with Crippen LogP contribution in [-0.4, -0.2) is 24.4 Å². The van der Waals surface area contributed by atoms with Gasteiger partial charge in [-0.05, 0) is 30.0 Å². The van der Waals surface area contributed by atoms with E-state index < -0.39 is 6.10 Å². The molecule has 0 saturated heterocycles. The van der Waals surface area contributed by atoms with E-state index in [4.69, 9.17) is 10.5 Å². The fraction of sp³-hybridized carbons (Fsp3) is 0.538. The second-order valence-corrected chi connectivity index (χ2v) is 4.08. The van der Waals surface area contributed by atoms with Gasteiger partial charge in [0, 0.05) is 6.54 Å². The summed E-state index contributed by atoms with van der Waals surface area (Å²) >= 11 is 0. The summed E-state index contributed by atoms with van der Waals surface area (Å²) in [5.74, 6) is 1.35. The zero-order valence-corrected chi connectivity index (χ0v) is 10.0. The molecule has 2 atom stereocenters. The number of aliphatic hydroxyl groups excluding tert-OH is 1. The zero-order valence-electron chi connectivity index (χ0n) is 10.0. The highest BCUT2D eigenvalue weighted by molar-refractivity contribution is 5.29. The van der Waals surface area contributed by atoms with Gasteiger partial charge in [-0.15, -0.1) is 0 Å². The van der Waals surface area contributed by atoms with Gasteiger partial charge in [0.05, 0.1) is 0 Å². The molecule has 1 rings (SSSR count). The van der Waals surface area contributed by atoms with Crippen molar-refractivity contribution in [1.82, 2.24) is 0 Å². The summed E-state index contributed by atoms with van der Waals surface area (Å²) in [6, 6.07) is 8.01. The quantitative estimate of drug-likeness (QED) is 0.774. The Morgan fingerprint density at radius 1 is 1.31 bits per heavy atom. The summed E-state index contributed by atoms with van der Waals surface area (Å²) in [5, 5.41) is 9.25. The average Bonchev–Trinajstić information content (AvgIpc) is 2.35. The van der Waals surface area contributed by atoms with Gasteiger partial charge in [-0.1, -0.05) is 26.0 Å². The number of benzene rings is 1. The first-order valence-corrected chi connectivity index (χ1v) is 5.78. The van der Waals surface area contributed by atoms with E-state index in [1.54, 1.807) is 0 Å². The van der Waals surface area contributed by atoms with Crippen molar-refractivity contribution in [3.05, 3.63) is 29.8 Å². The van der Waals surface area contributed by atoms with Crippen molar-refractivity contribution in [2.45, 2.75) is 32.3 Å². The minimum Gasteiger partial charge on any atom is -0.491 e. The first-order valence-electron chi connectivity index (χ1n) is 5.78. The van der Waals surface area contributed by atoms with Crippen LogP contribution in [0.5, 0.6) is 5.75 Å². The molecule has 0 aromatic heterocycles. The topological polar surface area (TPSA) is 55.5 Å². The molecular weight excluding hydrogens is 202 g/mol. The van der Waals surface area contributed by atoms with E-state index in [1.807, 2.05) is 12.1 Å². The Bertz CT molecular complexity index is 297. The van der Waals surface area contributed by atoms with E-state index in [2.05, 4.69) is 26.0 Å². The number of rotatable bonds is 6.